The number of hydrogen-bond acceptors (Lipinski definition) is 6. The molecule has 1 saturated heterocycles. The Morgan fingerprint density at radius 3 is 2.18 bits per heavy atom. The summed E-state index contributed by atoms with van der Waals surface area (Å²) in [4.78, 5) is 13.2. The number of hydrogen-bond donors (Lipinski definition) is 0. The van der Waals surface area contributed by atoms with Crippen LogP contribution < -0.4 is 9.47 Å². The van der Waals surface area contributed by atoms with Crippen LogP contribution in [0.25, 0.3) is 6.08 Å². The van der Waals surface area contributed by atoms with E-state index in [4.69, 9.17) is 21.7 Å². The van der Waals surface area contributed by atoms with Gasteiger partial charge in [-0.3, -0.25) is 4.79 Å². The van der Waals surface area contributed by atoms with Crippen LogP contribution in [0.4, 0.5) is 0 Å². The molecule has 0 bridgehead atoms. The second kappa shape index (κ2) is 9.21. The molecule has 0 aliphatic carbocycles. The molecule has 2 aromatic rings. The van der Waals surface area contributed by atoms with Crippen LogP contribution in [0.2, 0.25) is 0 Å². The van der Waals surface area contributed by atoms with Gasteiger partial charge in [0.2, 0.25) is 0 Å². The van der Waals surface area contributed by atoms with Crippen molar-refractivity contribution in [1.82, 2.24) is 5.01 Å². The number of carbonyl (C=O) groups is 1. The summed E-state index contributed by atoms with van der Waals surface area (Å²) in [6, 6.07) is 11.1. The van der Waals surface area contributed by atoms with Gasteiger partial charge in [0.05, 0.1) is 34.3 Å². The Balaban J connectivity index is 1.79. The molecule has 3 rings (SSSR count). The van der Waals surface area contributed by atoms with Gasteiger partial charge < -0.3 is 9.47 Å². The molecule has 28 heavy (non-hydrogen) atoms. The number of thioether (sulfide) groups is 1. The predicted octanol–water partition coefficient (Wildman–Crippen LogP) is 5.46. The zero-order chi connectivity index (χ0) is 20.3. The average Bonchev–Trinajstić information content (AvgIpc) is 2.93. The van der Waals surface area contributed by atoms with Gasteiger partial charge in [-0.25, -0.2) is 0 Å². The Hall–Kier alpha value is -1.68. The second-order valence-corrected chi connectivity index (χ2v) is 8.91. The highest BCUT2D eigenvalue weighted by molar-refractivity contribution is 9.10. The van der Waals surface area contributed by atoms with Crippen molar-refractivity contribution in [3.63, 3.8) is 0 Å². The van der Waals surface area contributed by atoms with Crippen molar-refractivity contribution in [2.75, 3.05) is 14.2 Å². The monoisotopic (exact) mass is 540 g/mol. The van der Waals surface area contributed by atoms with E-state index in [-0.39, 0.29) is 5.91 Å². The normalized spacial score (nSPS) is 15.7. The van der Waals surface area contributed by atoms with Crippen molar-refractivity contribution < 1.29 is 14.3 Å². The smallest absolute Gasteiger partial charge is 0.286 e. The van der Waals surface area contributed by atoms with Crippen LogP contribution in [0.5, 0.6) is 11.5 Å². The highest BCUT2D eigenvalue weighted by atomic mass is 79.9. The number of thiocarbonyl (C=S) groups is 1. The first-order chi connectivity index (χ1) is 13.4. The van der Waals surface area contributed by atoms with Gasteiger partial charge in [0, 0.05) is 0 Å². The van der Waals surface area contributed by atoms with E-state index in [1.54, 1.807) is 26.5 Å². The zero-order valence-corrected chi connectivity index (χ0v) is 19.6. The third kappa shape index (κ3) is 4.65. The summed E-state index contributed by atoms with van der Waals surface area (Å²) in [5.41, 5.74) is 1.67. The van der Waals surface area contributed by atoms with Crippen molar-refractivity contribution in [2.45, 2.75) is 0 Å². The van der Waals surface area contributed by atoms with E-state index >= 15 is 0 Å². The van der Waals surface area contributed by atoms with Crippen molar-refractivity contribution in [1.29, 1.82) is 0 Å². The Kier molecular flexibility index (Phi) is 6.92. The van der Waals surface area contributed by atoms with Crippen LogP contribution in [0.1, 0.15) is 11.1 Å². The lowest BCUT2D eigenvalue weighted by Crippen LogP contribution is -2.22. The molecule has 0 radical (unpaired) electrons. The lowest BCUT2D eigenvalue weighted by molar-refractivity contribution is -0.122. The molecular formula is C19H14Br2N2O3S2. The predicted molar refractivity (Wildman–Crippen MR) is 124 cm³/mol. The van der Waals surface area contributed by atoms with Gasteiger partial charge in [-0.05, 0) is 91.6 Å². The highest BCUT2D eigenvalue weighted by Crippen LogP contribution is 2.34. The molecule has 1 fully saturated rings. The van der Waals surface area contributed by atoms with E-state index in [0.29, 0.717) is 9.23 Å². The molecule has 0 saturated carbocycles. The minimum atomic E-state index is -0.259. The summed E-state index contributed by atoms with van der Waals surface area (Å²) in [5.74, 6) is 1.18. The topological polar surface area (TPSA) is 51.1 Å². The Morgan fingerprint density at radius 2 is 1.61 bits per heavy atom. The number of ether oxygens (including phenoxy) is 2. The third-order valence-corrected chi connectivity index (χ3v) is 6.27. The van der Waals surface area contributed by atoms with Crippen LogP contribution in [-0.2, 0) is 4.79 Å². The third-order valence-electron chi connectivity index (χ3n) is 3.75. The first-order valence-corrected chi connectivity index (χ1v) is 10.7. The number of methoxy groups -OCH3 is 2. The van der Waals surface area contributed by atoms with Crippen LogP contribution in [-0.4, -0.2) is 35.7 Å². The summed E-state index contributed by atoms with van der Waals surface area (Å²) in [6.07, 6.45) is 3.37. The summed E-state index contributed by atoms with van der Waals surface area (Å²) < 4.78 is 12.4. The Bertz CT molecular complexity index is 1010. The number of benzene rings is 2. The quantitative estimate of drug-likeness (QED) is 0.285. The second-order valence-electron chi connectivity index (χ2n) is 5.53. The first-order valence-electron chi connectivity index (χ1n) is 7.92. The first kappa shape index (κ1) is 21.0. The van der Waals surface area contributed by atoms with Crippen LogP contribution in [0.3, 0.4) is 0 Å². The van der Waals surface area contributed by atoms with E-state index in [1.807, 2.05) is 36.4 Å². The standard InChI is InChI=1S/C19H14Br2N2O3S2/c1-25-15-5-3-11(7-13(15)20)9-17-18(24)23(19(27)28-17)22-10-12-4-6-16(26-2)14(21)8-12/h3-10H,1-2H3. The Labute approximate surface area is 189 Å². The summed E-state index contributed by atoms with van der Waals surface area (Å²) in [5, 5.41) is 5.48. The maximum absolute atomic E-state index is 12.7. The molecule has 2 aromatic carbocycles. The zero-order valence-electron chi connectivity index (χ0n) is 14.8. The lowest BCUT2D eigenvalue weighted by atomic mass is 10.2. The molecule has 1 amide bonds. The van der Waals surface area contributed by atoms with Crippen molar-refractivity contribution in [2.24, 2.45) is 5.10 Å². The van der Waals surface area contributed by atoms with E-state index < -0.39 is 0 Å². The fraction of sp³-hybridized carbons (Fsp3) is 0.105. The average molecular weight is 542 g/mol. The molecule has 0 unspecified atom stereocenters. The largest absolute Gasteiger partial charge is 0.496 e. The van der Waals surface area contributed by atoms with Gasteiger partial charge in [0.1, 0.15) is 11.5 Å². The number of rotatable bonds is 5. The van der Waals surface area contributed by atoms with Crippen molar-refractivity contribution >= 4 is 78.4 Å². The molecule has 1 aliphatic heterocycles. The number of hydrazone groups is 1. The molecule has 1 aliphatic rings. The van der Waals surface area contributed by atoms with E-state index in [1.165, 1.54) is 16.8 Å². The van der Waals surface area contributed by atoms with Crippen molar-refractivity contribution in [3.05, 3.63) is 61.4 Å². The van der Waals surface area contributed by atoms with Crippen molar-refractivity contribution in [3.8, 4) is 11.5 Å². The summed E-state index contributed by atoms with van der Waals surface area (Å²) in [7, 11) is 3.20. The fourth-order valence-electron chi connectivity index (χ4n) is 2.37. The highest BCUT2D eigenvalue weighted by Gasteiger charge is 2.32. The maximum Gasteiger partial charge on any atom is 0.286 e. The van der Waals surface area contributed by atoms with Gasteiger partial charge in [-0.1, -0.05) is 17.8 Å². The number of carbonyl (C=O) groups excluding carboxylic acids is 1. The molecule has 1 heterocycles. The molecule has 0 atom stereocenters. The number of halogens is 2. The molecule has 9 heteroatoms. The molecule has 0 aromatic heterocycles. The number of nitrogens with zero attached hydrogens (tertiary/aromatic N) is 2. The molecular weight excluding hydrogens is 528 g/mol. The fourth-order valence-corrected chi connectivity index (χ4v) is 4.66. The SMILES string of the molecule is COc1ccc(C=NN2C(=O)C(=Cc3ccc(OC)c(Br)c3)SC2=S)cc1Br. The maximum atomic E-state index is 12.7. The van der Waals surface area contributed by atoms with Gasteiger partial charge >= 0.3 is 0 Å². The van der Waals surface area contributed by atoms with Crippen LogP contribution in [0, 0.1) is 0 Å². The minimum Gasteiger partial charge on any atom is -0.496 e. The molecule has 144 valence electrons. The van der Waals surface area contributed by atoms with E-state index in [9.17, 15) is 4.79 Å². The molecule has 0 spiro atoms. The summed E-state index contributed by atoms with van der Waals surface area (Å²) in [6.45, 7) is 0. The number of amides is 1. The van der Waals surface area contributed by atoms with E-state index in [2.05, 4.69) is 37.0 Å². The van der Waals surface area contributed by atoms with Gasteiger partial charge in [-0.2, -0.15) is 10.1 Å². The summed E-state index contributed by atoms with van der Waals surface area (Å²) >= 11 is 13.4. The Morgan fingerprint density at radius 1 is 1.04 bits per heavy atom. The van der Waals surface area contributed by atoms with Crippen LogP contribution in [0.15, 0.2) is 55.4 Å². The van der Waals surface area contributed by atoms with Crippen LogP contribution >= 0.6 is 55.8 Å². The van der Waals surface area contributed by atoms with Gasteiger partial charge in [-0.15, -0.1) is 0 Å². The van der Waals surface area contributed by atoms with Gasteiger partial charge in [0.25, 0.3) is 5.91 Å². The molecule has 0 N–H and O–H groups in total. The lowest BCUT2D eigenvalue weighted by Gasteiger charge is -2.07. The minimum absolute atomic E-state index is 0.259. The van der Waals surface area contributed by atoms with Gasteiger partial charge in [0.15, 0.2) is 4.32 Å². The molecule has 5 nitrogen and oxygen atoms in total. The van der Waals surface area contributed by atoms with E-state index in [0.717, 1.165) is 31.6 Å².